The summed E-state index contributed by atoms with van der Waals surface area (Å²) in [6.07, 6.45) is 1.50. The predicted molar refractivity (Wildman–Crippen MR) is 87.9 cm³/mol. The largest absolute Gasteiger partial charge is 0.302 e. The molecule has 0 spiro atoms. The number of hydrogen-bond donors (Lipinski definition) is 1. The highest BCUT2D eigenvalue weighted by atomic mass is 32.2. The SMILES string of the molecule is CC(C)S(=O)(=O)c1ccc(CC(=O)Nc2ncc(C#N)s2)cc1. The molecule has 0 bridgehead atoms. The van der Waals surface area contributed by atoms with Crippen molar-refractivity contribution >= 4 is 32.2 Å². The van der Waals surface area contributed by atoms with Crippen LogP contribution in [0.5, 0.6) is 0 Å². The summed E-state index contributed by atoms with van der Waals surface area (Å²) in [6, 6.07) is 8.21. The Bertz CT molecular complexity index is 847. The molecule has 0 unspecified atom stereocenters. The van der Waals surface area contributed by atoms with E-state index in [4.69, 9.17) is 5.26 Å². The van der Waals surface area contributed by atoms with Crippen molar-refractivity contribution in [3.8, 4) is 6.07 Å². The Morgan fingerprint density at radius 1 is 1.35 bits per heavy atom. The molecule has 1 N–H and O–H groups in total. The third-order valence-corrected chi connectivity index (χ3v) is 6.09. The second kappa shape index (κ2) is 6.89. The van der Waals surface area contributed by atoms with Crippen molar-refractivity contribution in [1.29, 1.82) is 5.26 Å². The molecule has 0 saturated carbocycles. The molecule has 1 aromatic carbocycles. The maximum absolute atomic E-state index is 12.0. The Morgan fingerprint density at radius 2 is 2.00 bits per heavy atom. The standard InChI is InChI=1S/C15H15N3O3S2/c1-10(2)23(20,21)13-5-3-11(4-6-13)7-14(19)18-15-17-9-12(8-16)22-15/h3-6,9-10H,7H2,1-2H3,(H,17,18,19). The highest BCUT2D eigenvalue weighted by Gasteiger charge is 2.18. The number of rotatable bonds is 5. The topological polar surface area (TPSA) is 99.9 Å². The Hall–Kier alpha value is -2.24. The van der Waals surface area contributed by atoms with Crippen LogP contribution >= 0.6 is 11.3 Å². The molecule has 8 heteroatoms. The minimum absolute atomic E-state index is 0.101. The van der Waals surface area contributed by atoms with E-state index in [1.165, 1.54) is 18.3 Å². The molecule has 120 valence electrons. The van der Waals surface area contributed by atoms with Crippen LogP contribution in [0.1, 0.15) is 24.3 Å². The first kappa shape index (κ1) is 17.1. The van der Waals surface area contributed by atoms with Crippen molar-refractivity contribution in [2.75, 3.05) is 5.32 Å². The van der Waals surface area contributed by atoms with Crippen LogP contribution in [0.3, 0.4) is 0 Å². The van der Waals surface area contributed by atoms with Crippen molar-refractivity contribution in [2.24, 2.45) is 0 Å². The maximum atomic E-state index is 12.0. The first-order valence-corrected chi connectivity index (χ1v) is 9.18. The van der Waals surface area contributed by atoms with Crippen molar-refractivity contribution in [2.45, 2.75) is 30.4 Å². The fourth-order valence-electron chi connectivity index (χ4n) is 1.80. The van der Waals surface area contributed by atoms with Crippen molar-refractivity contribution in [3.05, 3.63) is 40.9 Å². The van der Waals surface area contributed by atoms with Crippen LogP contribution in [0.4, 0.5) is 5.13 Å². The van der Waals surface area contributed by atoms with Gasteiger partial charge in [0, 0.05) is 0 Å². The van der Waals surface area contributed by atoms with Crippen LogP contribution in [0, 0.1) is 11.3 Å². The van der Waals surface area contributed by atoms with Crippen molar-refractivity contribution in [1.82, 2.24) is 4.98 Å². The van der Waals surface area contributed by atoms with E-state index in [1.807, 2.05) is 6.07 Å². The lowest BCUT2D eigenvalue weighted by molar-refractivity contribution is -0.115. The molecule has 1 aromatic heterocycles. The van der Waals surface area contributed by atoms with Gasteiger partial charge in [0.15, 0.2) is 15.0 Å². The number of nitrogens with one attached hydrogen (secondary N) is 1. The quantitative estimate of drug-likeness (QED) is 0.893. The molecule has 6 nitrogen and oxygen atoms in total. The highest BCUT2D eigenvalue weighted by Crippen LogP contribution is 2.18. The van der Waals surface area contributed by atoms with Gasteiger partial charge in [-0.2, -0.15) is 5.26 Å². The lowest BCUT2D eigenvalue weighted by Gasteiger charge is -2.08. The van der Waals surface area contributed by atoms with E-state index in [0.29, 0.717) is 15.6 Å². The lowest BCUT2D eigenvalue weighted by Crippen LogP contribution is -2.15. The van der Waals surface area contributed by atoms with Crippen LogP contribution in [0.15, 0.2) is 35.4 Å². The molecule has 1 amide bonds. The average Bonchev–Trinajstić information content (AvgIpc) is 2.95. The van der Waals surface area contributed by atoms with Gasteiger partial charge in [0.1, 0.15) is 10.9 Å². The summed E-state index contributed by atoms with van der Waals surface area (Å²) in [5.74, 6) is -0.275. The zero-order valence-corrected chi connectivity index (χ0v) is 14.2. The van der Waals surface area contributed by atoms with E-state index in [0.717, 1.165) is 11.3 Å². The normalized spacial score (nSPS) is 11.2. The molecule has 0 radical (unpaired) electrons. The first-order valence-electron chi connectivity index (χ1n) is 6.81. The van der Waals surface area contributed by atoms with Gasteiger partial charge < -0.3 is 5.32 Å². The van der Waals surface area contributed by atoms with Gasteiger partial charge in [0.2, 0.25) is 5.91 Å². The number of thiazole rings is 1. The third kappa shape index (κ3) is 4.15. The molecule has 0 atom stereocenters. The number of carbonyl (C=O) groups excluding carboxylic acids is 1. The van der Waals surface area contributed by atoms with E-state index in [2.05, 4.69) is 10.3 Å². The van der Waals surface area contributed by atoms with Gasteiger partial charge in [-0.25, -0.2) is 13.4 Å². The number of hydrogen-bond acceptors (Lipinski definition) is 6. The Morgan fingerprint density at radius 3 is 2.52 bits per heavy atom. The number of sulfone groups is 1. The number of aromatic nitrogens is 1. The van der Waals surface area contributed by atoms with Gasteiger partial charge in [-0.05, 0) is 31.5 Å². The summed E-state index contributed by atoms with van der Waals surface area (Å²) < 4.78 is 24.0. The molecular formula is C15H15N3O3S2. The maximum Gasteiger partial charge on any atom is 0.230 e. The molecule has 0 aliphatic rings. The molecule has 2 aromatic rings. The average molecular weight is 349 g/mol. The number of carbonyl (C=O) groups is 1. The molecule has 2 rings (SSSR count). The van der Waals surface area contributed by atoms with Gasteiger partial charge in [-0.3, -0.25) is 4.79 Å². The van der Waals surface area contributed by atoms with E-state index in [-0.39, 0.29) is 17.2 Å². The van der Waals surface area contributed by atoms with Gasteiger partial charge in [-0.15, -0.1) is 0 Å². The molecule has 0 saturated heterocycles. The first-order chi connectivity index (χ1) is 10.8. The molecule has 0 aliphatic carbocycles. The monoisotopic (exact) mass is 349 g/mol. The predicted octanol–water partition coefficient (Wildman–Crippen LogP) is 2.38. The smallest absolute Gasteiger partial charge is 0.230 e. The number of benzene rings is 1. The molecule has 23 heavy (non-hydrogen) atoms. The van der Waals surface area contributed by atoms with E-state index < -0.39 is 15.1 Å². The molecular weight excluding hydrogens is 334 g/mol. The summed E-state index contributed by atoms with van der Waals surface area (Å²) in [5.41, 5.74) is 0.697. The van der Waals surface area contributed by atoms with E-state index >= 15 is 0 Å². The van der Waals surface area contributed by atoms with Crippen molar-refractivity contribution in [3.63, 3.8) is 0 Å². The van der Waals surface area contributed by atoms with E-state index in [1.54, 1.807) is 26.0 Å². The summed E-state index contributed by atoms with van der Waals surface area (Å²) in [6.45, 7) is 3.25. The van der Waals surface area contributed by atoms with Crippen molar-refractivity contribution < 1.29 is 13.2 Å². The fraction of sp³-hybridized carbons (Fsp3) is 0.267. The summed E-state index contributed by atoms with van der Waals surface area (Å²) in [4.78, 5) is 16.5. The Labute approximate surface area is 138 Å². The Balaban J connectivity index is 2.03. The molecule has 0 aliphatic heterocycles. The summed E-state index contributed by atoms with van der Waals surface area (Å²) in [5, 5.41) is 11.2. The van der Waals surface area contributed by atoms with Crippen LogP contribution in [-0.2, 0) is 21.1 Å². The van der Waals surface area contributed by atoms with E-state index in [9.17, 15) is 13.2 Å². The number of nitrogens with zero attached hydrogens (tertiary/aromatic N) is 2. The van der Waals surface area contributed by atoms with Crippen LogP contribution < -0.4 is 5.32 Å². The van der Waals surface area contributed by atoms with Crippen LogP contribution in [-0.4, -0.2) is 24.6 Å². The summed E-state index contributed by atoms with van der Waals surface area (Å²) >= 11 is 1.10. The second-order valence-electron chi connectivity index (χ2n) is 5.10. The lowest BCUT2D eigenvalue weighted by atomic mass is 10.1. The van der Waals surface area contributed by atoms with Crippen LogP contribution in [0.2, 0.25) is 0 Å². The third-order valence-electron chi connectivity index (χ3n) is 3.10. The second-order valence-corrected chi connectivity index (χ2v) is 8.64. The Kier molecular flexibility index (Phi) is 5.13. The van der Waals surface area contributed by atoms with Gasteiger partial charge in [0.05, 0.1) is 22.8 Å². The fourth-order valence-corrected chi connectivity index (χ4v) is 3.49. The number of amides is 1. The minimum Gasteiger partial charge on any atom is -0.302 e. The van der Waals surface area contributed by atoms with Gasteiger partial charge in [-0.1, -0.05) is 23.5 Å². The molecule has 1 heterocycles. The zero-order valence-electron chi connectivity index (χ0n) is 12.6. The molecule has 0 fully saturated rings. The van der Waals surface area contributed by atoms with Gasteiger partial charge in [0.25, 0.3) is 0 Å². The zero-order chi connectivity index (χ0) is 17.0. The number of anilines is 1. The number of nitriles is 1. The minimum atomic E-state index is -3.31. The summed E-state index contributed by atoms with van der Waals surface area (Å²) in [7, 11) is -3.31. The van der Waals surface area contributed by atoms with Gasteiger partial charge >= 0.3 is 0 Å². The highest BCUT2D eigenvalue weighted by molar-refractivity contribution is 7.92. The van der Waals surface area contributed by atoms with Crippen LogP contribution in [0.25, 0.3) is 0 Å².